The van der Waals surface area contributed by atoms with Gasteiger partial charge in [0.05, 0.1) is 6.61 Å². The number of benzene rings is 1. The van der Waals surface area contributed by atoms with Gasteiger partial charge < -0.3 is 9.72 Å². The first-order valence-corrected chi connectivity index (χ1v) is 6.98. The van der Waals surface area contributed by atoms with Crippen LogP contribution < -0.4 is 0 Å². The molecule has 0 bridgehead atoms. The Kier molecular flexibility index (Phi) is 4.58. The maximum atomic E-state index is 12.5. The van der Waals surface area contributed by atoms with Crippen LogP contribution in [0.3, 0.4) is 0 Å². The smallest absolute Gasteiger partial charge is 0.355 e. The first-order valence-electron chi connectivity index (χ1n) is 6.98. The summed E-state index contributed by atoms with van der Waals surface area (Å²) < 4.78 is 4.99. The van der Waals surface area contributed by atoms with Gasteiger partial charge in [-0.2, -0.15) is 0 Å². The van der Waals surface area contributed by atoms with Crippen LogP contribution >= 0.6 is 0 Å². The summed E-state index contributed by atoms with van der Waals surface area (Å²) in [6.45, 7) is 5.63. The van der Waals surface area contributed by atoms with E-state index >= 15 is 0 Å². The lowest BCUT2D eigenvalue weighted by atomic mass is 10.00. The Bertz CT molecular complexity index is 656. The Hall–Kier alpha value is -2.36. The number of ketones is 1. The average Bonchev–Trinajstić information content (AvgIpc) is 2.75. The van der Waals surface area contributed by atoms with Crippen LogP contribution in [-0.2, 0) is 11.2 Å². The highest BCUT2D eigenvalue weighted by molar-refractivity contribution is 6.03. The van der Waals surface area contributed by atoms with Gasteiger partial charge in [0.1, 0.15) is 5.69 Å². The van der Waals surface area contributed by atoms with Crippen molar-refractivity contribution in [2.75, 3.05) is 6.61 Å². The van der Waals surface area contributed by atoms with Gasteiger partial charge in [-0.1, -0.05) is 30.3 Å². The van der Waals surface area contributed by atoms with E-state index in [9.17, 15) is 9.59 Å². The number of aromatic amines is 1. The van der Waals surface area contributed by atoms with E-state index in [0.717, 1.165) is 5.56 Å². The molecule has 0 atom stereocenters. The van der Waals surface area contributed by atoms with Crippen LogP contribution in [0.5, 0.6) is 0 Å². The maximum absolute atomic E-state index is 12.5. The molecule has 0 aliphatic rings. The fourth-order valence-electron chi connectivity index (χ4n) is 2.45. The molecule has 0 saturated heterocycles. The number of carbonyl (C=O) groups excluding carboxylic acids is 2. The minimum atomic E-state index is -0.420. The van der Waals surface area contributed by atoms with Crippen LogP contribution in [-0.4, -0.2) is 23.3 Å². The summed E-state index contributed by atoms with van der Waals surface area (Å²) in [4.78, 5) is 27.3. The van der Waals surface area contributed by atoms with E-state index in [-0.39, 0.29) is 5.78 Å². The summed E-state index contributed by atoms with van der Waals surface area (Å²) in [5.41, 5.74) is 3.27. The van der Waals surface area contributed by atoms with Crippen LogP contribution in [0.15, 0.2) is 30.3 Å². The van der Waals surface area contributed by atoms with Crippen LogP contribution in [0, 0.1) is 13.8 Å². The lowest BCUT2D eigenvalue weighted by Gasteiger charge is -2.03. The van der Waals surface area contributed by atoms with E-state index in [1.54, 1.807) is 20.8 Å². The van der Waals surface area contributed by atoms with Crippen molar-refractivity contribution in [1.29, 1.82) is 0 Å². The van der Waals surface area contributed by atoms with Gasteiger partial charge in [0, 0.05) is 17.7 Å². The Morgan fingerprint density at radius 2 is 1.81 bits per heavy atom. The molecule has 0 unspecified atom stereocenters. The zero-order chi connectivity index (χ0) is 15.4. The van der Waals surface area contributed by atoms with Gasteiger partial charge >= 0.3 is 5.97 Å². The number of ether oxygens (including phenoxy) is 1. The Morgan fingerprint density at radius 1 is 1.14 bits per heavy atom. The fourth-order valence-corrected chi connectivity index (χ4v) is 2.45. The van der Waals surface area contributed by atoms with Crippen molar-refractivity contribution in [3.63, 3.8) is 0 Å². The van der Waals surface area contributed by atoms with E-state index in [1.807, 2.05) is 30.3 Å². The first kappa shape index (κ1) is 15.0. The van der Waals surface area contributed by atoms with Crippen LogP contribution in [0.25, 0.3) is 0 Å². The second-order valence-corrected chi connectivity index (χ2v) is 4.93. The highest BCUT2D eigenvalue weighted by Crippen LogP contribution is 2.21. The summed E-state index contributed by atoms with van der Waals surface area (Å²) in [6, 6.07) is 9.57. The van der Waals surface area contributed by atoms with Crippen molar-refractivity contribution in [1.82, 2.24) is 4.98 Å². The number of hydrogen-bond acceptors (Lipinski definition) is 3. The summed E-state index contributed by atoms with van der Waals surface area (Å²) in [5.74, 6) is -0.417. The number of Topliss-reactive ketones (excluding diaryl/α,β-unsaturated/α-hetero) is 1. The fraction of sp³-hybridized carbons (Fsp3) is 0.294. The predicted molar refractivity (Wildman–Crippen MR) is 80.7 cm³/mol. The number of aryl methyl sites for hydroxylation is 1. The molecule has 2 aromatic rings. The summed E-state index contributed by atoms with van der Waals surface area (Å²) in [5, 5.41) is 0. The molecule has 0 aliphatic carbocycles. The number of nitrogens with one attached hydrogen (secondary N) is 1. The second kappa shape index (κ2) is 6.39. The molecule has 4 nitrogen and oxygen atoms in total. The third-order valence-electron chi connectivity index (χ3n) is 3.40. The lowest BCUT2D eigenvalue weighted by Crippen LogP contribution is -2.08. The molecule has 0 spiro atoms. The quantitative estimate of drug-likeness (QED) is 0.677. The lowest BCUT2D eigenvalue weighted by molar-refractivity contribution is 0.0519. The topological polar surface area (TPSA) is 59.2 Å². The van der Waals surface area contributed by atoms with Crippen molar-refractivity contribution >= 4 is 11.8 Å². The Morgan fingerprint density at radius 3 is 2.43 bits per heavy atom. The first-order chi connectivity index (χ1) is 10.0. The Labute approximate surface area is 124 Å². The van der Waals surface area contributed by atoms with Gasteiger partial charge in [-0.25, -0.2) is 4.79 Å². The second-order valence-electron chi connectivity index (χ2n) is 4.93. The molecule has 0 saturated carbocycles. The monoisotopic (exact) mass is 285 g/mol. The molecule has 110 valence electrons. The zero-order valence-electron chi connectivity index (χ0n) is 12.5. The molecule has 0 aliphatic heterocycles. The molecule has 1 N–H and O–H groups in total. The van der Waals surface area contributed by atoms with E-state index in [1.165, 1.54) is 0 Å². The van der Waals surface area contributed by atoms with Gasteiger partial charge in [-0.3, -0.25) is 4.79 Å². The van der Waals surface area contributed by atoms with Crippen molar-refractivity contribution in [2.24, 2.45) is 0 Å². The number of H-pyrrole nitrogens is 1. The molecule has 0 radical (unpaired) electrons. The van der Waals surface area contributed by atoms with E-state index in [4.69, 9.17) is 4.74 Å². The van der Waals surface area contributed by atoms with Crippen molar-refractivity contribution < 1.29 is 14.3 Å². The number of esters is 1. The van der Waals surface area contributed by atoms with E-state index < -0.39 is 5.97 Å². The SMILES string of the molecule is CCOC(=O)c1[nH]c(C)c(C(=O)Cc2ccccc2)c1C. The molecule has 4 heteroatoms. The van der Waals surface area contributed by atoms with Crippen LogP contribution in [0.2, 0.25) is 0 Å². The summed E-state index contributed by atoms with van der Waals surface area (Å²) in [7, 11) is 0. The molecule has 1 aromatic heterocycles. The van der Waals surface area contributed by atoms with Crippen LogP contribution in [0.4, 0.5) is 0 Å². The predicted octanol–water partition coefficient (Wildman–Crippen LogP) is 3.23. The highest BCUT2D eigenvalue weighted by Gasteiger charge is 2.22. The molecular weight excluding hydrogens is 266 g/mol. The maximum Gasteiger partial charge on any atom is 0.355 e. The molecule has 21 heavy (non-hydrogen) atoms. The number of rotatable bonds is 5. The molecular formula is C17H19NO3. The van der Waals surface area contributed by atoms with Gasteiger partial charge in [0.2, 0.25) is 0 Å². The van der Waals surface area contributed by atoms with Crippen molar-refractivity contribution in [3.05, 3.63) is 58.4 Å². The number of aromatic nitrogens is 1. The highest BCUT2D eigenvalue weighted by atomic mass is 16.5. The van der Waals surface area contributed by atoms with Gasteiger partial charge in [-0.15, -0.1) is 0 Å². The standard InChI is InChI=1S/C17H19NO3/c1-4-21-17(20)16-11(2)15(12(3)18-16)14(19)10-13-8-6-5-7-9-13/h5-9,18H,4,10H2,1-3H3. The summed E-state index contributed by atoms with van der Waals surface area (Å²) >= 11 is 0. The molecule has 1 heterocycles. The number of carbonyl (C=O) groups is 2. The van der Waals surface area contributed by atoms with Crippen LogP contribution in [0.1, 0.15) is 44.6 Å². The molecule has 0 fully saturated rings. The Balaban J connectivity index is 2.28. The zero-order valence-corrected chi connectivity index (χ0v) is 12.5. The molecule has 1 aromatic carbocycles. The van der Waals surface area contributed by atoms with Gasteiger partial charge in [-0.05, 0) is 31.9 Å². The number of hydrogen-bond donors (Lipinski definition) is 1. The van der Waals surface area contributed by atoms with Crippen molar-refractivity contribution in [3.8, 4) is 0 Å². The third-order valence-corrected chi connectivity index (χ3v) is 3.40. The van der Waals surface area contributed by atoms with E-state index in [2.05, 4.69) is 4.98 Å². The normalized spacial score (nSPS) is 10.4. The molecule has 2 rings (SSSR count). The average molecular weight is 285 g/mol. The largest absolute Gasteiger partial charge is 0.461 e. The minimum absolute atomic E-state index is 0.00278. The van der Waals surface area contributed by atoms with Gasteiger partial charge in [0.25, 0.3) is 0 Å². The molecule has 0 amide bonds. The van der Waals surface area contributed by atoms with Crippen molar-refractivity contribution in [2.45, 2.75) is 27.2 Å². The van der Waals surface area contributed by atoms with E-state index in [0.29, 0.717) is 35.5 Å². The minimum Gasteiger partial charge on any atom is -0.461 e. The summed E-state index contributed by atoms with van der Waals surface area (Å²) in [6.07, 6.45) is 0.322. The third kappa shape index (κ3) is 3.21. The van der Waals surface area contributed by atoms with Gasteiger partial charge in [0.15, 0.2) is 5.78 Å².